The van der Waals surface area contributed by atoms with E-state index in [-0.39, 0.29) is 23.5 Å². The Kier molecular flexibility index (Phi) is 4.16. The van der Waals surface area contributed by atoms with Gasteiger partial charge in [-0.1, -0.05) is 27.7 Å². The van der Waals surface area contributed by atoms with Crippen LogP contribution in [-0.4, -0.2) is 52.3 Å². The van der Waals surface area contributed by atoms with Crippen LogP contribution in [-0.2, 0) is 13.9 Å². The van der Waals surface area contributed by atoms with Gasteiger partial charge in [0.1, 0.15) is 29.7 Å². The molecule has 4 atom stereocenters. The molecule has 0 spiro atoms. The number of nitrogens with zero attached hydrogens (tertiary/aromatic N) is 4. The van der Waals surface area contributed by atoms with Gasteiger partial charge in [-0.25, -0.2) is 15.0 Å². The van der Waals surface area contributed by atoms with Crippen LogP contribution in [0.2, 0.25) is 18.1 Å². The average molecular weight is 392 g/mol. The molecule has 0 aliphatic carbocycles. The van der Waals surface area contributed by atoms with Crippen LogP contribution in [0.15, 0.2) is 12.7 Å². The highest BCUT2D eigenvalue weighted by atomic mass is 28.4. The van der Waals surface area contributed by atoms with Crippen molar-refractivity contribution < 1.29 is 13.9 Å². The lowest BCUT2D eigenvalue weighted by Gasteiger charge is -2.40. The van der Waals surface area contributed by atoms with Gasteiger partial charge in [-0.15, -0.1) is 0 Å². The fourth-order valence-corrected chi connectivity index (χ4v) is 5.01. The molecule has 2 aromatic rings. The minimum atomic E-state index is -1.98. The van der Waals surface area contributed by atoms with Crippen molar-refractivity contribution in [2.24, 2.45) is 0 Å². The van der Waals surface area contributed by atoms with Gasteiger partial charge in [0.25, 0.3) is 0 Å². The largest absolute Gasteiger partial charge is 0.408 e. The van der Waals surface area contributed by atoms with E-state index in [2.05, 4.69) is 55.7 Å². The molecule has 2 N–H and O–H groups in total. The topological polar surface area (TPSA) is 97.3 Å². The number of hydrogen-bond donors (Lipinski definition) is 1. The maximum atomic E-state index is 6.81. The van der Waals surface area contributed by atoms with Crippen LogP contribution in [0.4, 0.5) is 5.82 Å². The number of rotatable bonds is 4. The van der Waals surface area contributed by atoms with Gasteiger partial charge >= 0.3 is 0 Å². The molecule has 148 valence electrons. The van der Waals surface area contributed by atoms with E-state index in [0.29, 0.717) is 23.6 Å². The smallest absolute Gasteiger partial charge is 0.192 e. The molecule has 27 heavy (non-hydrogen) atoms. The van der Waals surface area contributed by atoms with Gasteiger partial charge in [0, 0.05) is 0 Å². The van der Waals surface area contributed by atoms with Crippen molar-refractivity contribution >= 4 is 25.3 Å². The Morgan fingerprint density at radius 1 is 1.33 bits per heavy atom. The molecule has 2 bridgehead atoms. The molecule has 1 unspecified atom stereocenters. The van der Waals surface area contributed by atoms with Crippen molar-refractivity contribution in [3.05, 3.63) is 12.7 Å². The first kappa shape index (κ1) is 18.8. The minimum absolute atomic E-state index is 0.106. The summed E-state index contributed by atoms with van der Waals surface area (Å²) in [6.07, 6.45) is 3.33. The van der Waals surface area contributed by atoms with Crippen LogP contribution in [0.5, 0.6) is 0 Å². The van der Waals surface area contributed by atoms with Gasteiger partial charge in [-0.3, -0.25) is 4.57 Å². The molecule has 4 heterocycles. The van der Waals surface area contributed by atoms with Crippen LogP contribution < -0.4 is 5.73 Å². The van der Waals surface area contributed by atoms with E-state index in [0.717, 1.165) is 6.42 Å². The second-order valence-electron chi connectivity index (χ2n) is 9.08. The number of nitrogens with two attached hydrogens (primary N) is 1. The third kappa shape index (κ3) is 2.71. The maximum absolute atomic E-state index is 6.81. The van der Waals surface area contributed by atoms with E-state index >= 15 is 0 Å². The summed E-state index contributed by atoms with van der Waals surface area (Å²) >= 11 is 0. The summed E-state index contributed by atoms with van der Waals surface area (Å²) in [5.41, 5.74) is 6.73. The van der Waals surface area contributed by atoms with Crippen molar-refractivity contribution in [3.63, 3.8) is 0 Å². The number of aromatic nitrogens is 4. The predicted molar refractivity (Wildman–Crippen MR) is 105 cm³/mol. The van der Waals surface area contributed by atoms with E-state index in [4.69, 9.17) is 19.6 Å². The quantitative estimate of drug-likeness (QED) is 0.800. The molecule has 8 nitrogen and oxygen atoms in total. The van der Waals surface area contributed by atoms with Crippen molar-refractivity contribution in [1.82, 2.24) is 19.5 Å². The zero-order valence-corrected chi connectivity index (χ0v) is 17.9. The summed E-state index contributed by atoms with van der Waals surface area (Å²) < 4.78 is 21.4. The lowest BCUT2D eigenvalue weighted by Crippen LogP contribution is -2.51. The third-order valence-electron chi connectivity index (χ3n) is 6.46. The number of imidazole rings is 1. The highest BCUT2D eigenvalue weighted by Gasteiger charge is 2.63. The summed E-state index contributed by atoms with van der Waals surface area (Å²) in [4.78, 5) is 12.8. The highest BCUT2D eigenvalue weighted by molar-refractivity contribution is 6.74. The molecular weight excluding hydrogens is 362 g/mol. The van der Waals surface area contributed by atoms with E-state index in [9.17, 15) is 0 Å². The Bertz CT molecular complexity index is 864. The fraction of sp³-hybridized carbons (Fsp3) is 0.722. The summed E-state index contributed by atoms with van der Waals surface area (Å²) in [5.74, 6) is 0.363. The molecule has 0 saturated carbocycles. The van der Waals surface area contributed by atoms with Gasteiger partial charge in [0.2, 0.25) is 0 Å². The second-order valence-corrected chi connectivity index (χ2v) is 13.8. The van der Waals surface area contributed by atoms with E-state index in [1.165, 1.54) is 6.33 Å². The van der Waals surface area contributed by atoms with Crippen molar-refractivity contribution in [2.45, 2.75) is 76.3 Å². The van der Waals surface area contributed by atoms with Crippen LogP contribution in [0.3, 0.4) is 0 Å². The van der Waals surface area contributed by atoms with Crippen LogP contribution in [0.25, 0.3) is 11.2 Å². The molecule has 2 saturated heterocycles. The Hall–Kier alpha value is -1.55. The maximum Gasteiger partial charge on any atom is 0.192 e. The molecule has 9 heteroatoms. The van der Waals surface area contributed by atoms with Gasteiger partial charge in [-0.05, 0) is 24.6 Å². The number of anilines is 1. The zero-order valence-electron chi connectivity index (χ0n) is 16.9. The monoisotopic (exact) mass is 391 g/mol. The third-order valence-corrected chi connectivity index (χ3v) is 10.9. The van der Waals surface area contributed by atoms with Gasteiger partial charge in [-0.2, -0.15) is 0 Å². The van der Waals surface area contributed by atoms with Crippen molar-refractivity contribution in [3.8, 4) is 0 Å². The molecule has 2 fully saturated rings. The van der Waals surface area contributed by atoms with Crippen molar-refractivity contribution in [2.75, 3.05) is 12.3 Å². The number of ether oxygens (including phenoxy) is 2. The summed E-state index contributed by atoms with van der Waals surface area (Å²) in [6.45, 7) is 14.0. The lowest BCUT2D eigenvalue weighted by atomic mass is 9.96. The Morgan fingerprint density at radius 3 is 2.74 bits per heavy atom. The average Bonchev–Trinajstić information content (AvgIpc) is 3.24. The second kappa shape index (κ2) is 5.97. The van der Waals surface area contributed by atoms with E-state index in [1.807, 2.05) is 4.57 Å². The summed E-state index contributed by atoms with van der Waals surface area (Å²) in [7, 11) is -1.98. The van der Waals surface area contributed by atoms with Gasteiger partial charge in [0.15, 0.2) is 26.0 Å². The Balaban J connectivity index is 1.71. The number of nitrogen functional groups attached to an aromatic ring is 1. The molecule has 0 aromatic carbocycles. The summed E-state index contributed by atoms with van der Waals surface area (Å²) in [6, 6.07) is 0. The van der Waals surface area contributed by atoms with Crippen LogP contribution in [0.1, 0.15) is 40.3 Å². The molecule has 2 aliphatic rings. The first-order chi connectivity index (χ1) is 12.6. The standard InChI is InChI=1S/C18H29N5O3Si/c1-7-18-8-24-12(13(18)26-27(5,6)17(2,3)4)16(25-18)23-10-22-11-14(19)20-9-21-15(11)23/h9-10,12-13,16H,7-8H2,1-6H3,(H2,19,20,21)/t12-,13?,16+,18-/m0/s1. The Morgan fingerprint density at radius 2 is 2.07 bits per heavy atom. The normalized spacial score (nSPS) is 31.1. The number of fused-ring (bicyclic) bond motifs is 3. The van der Waals surface area contributed by atoms with Gasteiger partial charge < -0.3 is 19.6 Å². The number of hydrogen-bond acceptors (Lipinski definition) is 7. The SMILES string of the molecule is CC[C@]12CO[C@@H](C1O[Si](C)(C)C(C)(C)C)[C@H](n1cnc3c(N)ncnc31)O2. The first-order valence-electron chi connectivity index (χ1n) is 9.50. The van der Waals surface area contributed by atoms with E-state index < -0.39 is 13.9 Å². The molecule has 4 rings (SSSR count). The molecule has 2 aromatic heterocycles. The zero-order chi connectivity index (χ0) is 19.6. The van der Waals surface area contributed by atoms with E-state index in [1.54, 1.807) is 6.33 Å². The molecule has 0 amide bonds. The minimum Gasteiger partial charge on any atom is -0.408 e. The highest BCUT2D eigenvalue weighted by Crippen LogP contribution is 2.51. The van der Waals surface area contributed by atoms with Crippen LogP contribution in [0, 0.1) is 0 Å². The van der Waals surface area contributed by atoms with Crippen LogP contribution >= 0.6 is 0 Å². The molecule has 0 radical (unpaired) electrons. The van der Waals surface area contributed by atoms with Gasteiger partial charge in [0.05, 0.1) is 12.9 Å². The molecule has 2 aliphatic heterocycles. The molecular formula is C18H29N5O3Si. The lowest BCUT2D eigenvalue weighted by molar-refractivity contribution is -0.173. The summed E-state index contributed by atoms with van der Waals surface area (Å²) in [5, 5.41) is 0.114. The predicted octanol–water partition coefficient (Wildman–Crippen LogP) is 2.88. The van der Waals surface area contributed by atoms with Crippen molar-refractivity contribution in [1.29, 1.82) is 0 Å². The fourth-order valence-electron chi connectivity index (χ4n) is 3.67. The Labute approximate surface area is 160 Å². The first-order valence-corrected chi connectivity index (χ1v) is 12.4.